The lowest BCUT2D eigenvalue weighted by atomic mass is 10.0. The lowest BCUT2D eigenvalue weighted by molar-refractivity contribution is 0.0992. The highest BCUT2D eigenvalue weighted by Crippen LogP contribution is 2.19. The number of carbonyl (C=O) groups excluding carboxylic acids is 1. The van der Waals surface area contributed by atoms with E-state index in [1.807, 2.05) is 30.3 Å². The normalized spacial score (nSPS) is 10.3. The molecule has 21 heavy (non-hydrogen) atoms. The third kappa shape index (κ3) is 3.23. The van der Waals surface area contributed by atoms with Crippen LogP contribution in [-0.2, 0) is 6.42 Å². The molecule has 0 saturated carbocycles. The van der Waals surface area contributed by atoms with Crippen molar-refractivity contribution in [2.45, 2.75) is 6.42 Å². The zero-order chi connectivity index (χ0) is 14.5. The molecule has 0 spiro atoms. The fraction of sp³-hybridized carbons (Fsp3) is 0.0526. The summed E-state index contributed by atoms with van der Waals surface area (Å²) in [5, 5.41) is 0. The molecule has 0 N–H and O–H groups in total. The predicted octanol–water partition coefficient (Wildman–Crippen LogP) is 4.17. The molecule has 2 aromatic carbocycles. The minimum Gasteiger partial charge on any atom is -0.294 e. The Bertz CT molecular complexity index is 719. The number of rotatable bonds is 4. The lowest BCUT2D eigenvalue weighted by Gasteiger charge is -2.04. The largest absolute Gasteiger partial charge is 0.294 e. The molecular formula is C19H15NO. The van der Waals surface area contributed by atoms with Crippen molar-refractivity contribution < 1.29 is 4.79 Å². The summed E-state index contributed by atoms with van der Waals surface area (Å²) >= 11 is 0. The van der Waals surface area contributed by atoms with Crippen LogP contribution in [0.1, 0.15) is 15.9 Å². The topological polar surface area (TPSA) is 30.0 Å². The third-order valence-corrected chi connectivity index (χ3v) is 3.41. The van der Waals surface area contributed by atoms with E-state index in [0.717, 1.165) is 11.1 Å². The molecule has 0 bridgehead atoms. The lowest BCUT2D eigenvalue weighted by Crippen LogP contribution is -2.03. The summed E-state index contributed by atoms with van der Waals surface area (Å²) in [5.41, 5.74) is 4.02. The number of carbonyl (C=O) groups is 1. The van der Waals surface area contributed by atoms with Gasteiger partial charge in [-0.05, 0) is 28.8 Å². The highest BCUT2D eigenvalue weighted by Gasteiger charge is 2.07. The molecule has 3 aromatic rings. The molecule has 0 aliphatic carbocycles. The van der Waals surface area contributed by atoms with Gasteiger partial charge in [-0.3, -0.25) is 9.78 Å². The summed E-state index contributed by atoms with van der Waals surface area (Å²) in [6, 6.07) is 21.9. The van der Waals surface area contributed by atoms with Gasteiger partial charge in [-0.25, -0.2) is 0 Å². The Morgan fingerprint density at radius 1 is 0.810 bits per heavy atom. The molecule has 0 atom stereocenters. The highest BCUT2D eigenvalue weighted by molar-refractivity contribution is 5.97. The van der Waals surface area contributed by atoms with Gasteiger partial charge in [0, 0.05) is 24.4 Å². The molecule has 1 heterocycles. The average Bonchev–Trinajstić information content (AvgIpc) is 2.57. The van der Waals surface area contributed by atoms with Gasteiger partial charge in [-0.15, -0.1) is 0 Å². The van der Waals surface area contributed by atoms with E-state index in [2.05, 4.69) is 29.2 Å². The van der Waals surface area contributed by atoms with Gasteiger partial charge in [0.2, 0.25) is 0 Å². The summed E-state index contributed by atoms with van der Waals surface area (Å²) in [4.78, 5) is 16.1. The summed E-state index contributed by atoms with van der Waals surface area (Å²) in [5.74, 6) is 0.0931. The van der Waals surface area contributed by atoms with Crippen LogP contribution in [0.5, 0.6) is 0 Å². The number of nitrogens with zero attached hydrogens (tertiary/aromatic N) is 1. The van der Waals surface area contributed by atoms with E-state index in [-0.39, 0.29) is 5.78 Å². The van der Waals surface area contributed by atoms with Crippen LogP contribution in [0.15, 0.2) is 79.1 Å². The Balaban J connectivity index is 1.75. The van der Waals surface area contributed by atoms with Crippen LogP contribution >= 0.6 is 0 Å². The molecular weight excluding hydrogens is 258 g/mol. The average molecular weight is 273 g/mol. The Morgan fingerprint density at radius 3 is 2.19 bits per heavy atom. The maximum Gasteiger partial charge on any atom is 0.168 e. The van der Waals surface area contributed by atoms with Crippen LogP contribution in [0.2, 0.25) is 0 Å². The van der Waals surface area contributed by atoms with Gasteiger partial charge in [-0.1, -0.05) is 54.6 Å². The van der Waals surface area contributed by atoms with Gasteiger partial charge in [0.05, 0.1) is 0 Å². The van der Waals surface area contributed by atoms with Crippen molar-refractivity contribution >= 4 is 5.78 Å². The van der Waals surface area contributed by atoms with E-state index >= 15 is 0 Å². The van der Waals surface area contributed by atoms with Crippen LogP contribution in [0.3, 0.4) is 0 Å². The summed E-state index contributed by atoms with van der Waals surface area (Å²) in [6.45, 7) is 0. The predicted molar refractivity (Wildman–Crippen MR) is 84.1 cm³/mol. The smallest absolute Gasteiger partial charge is 0.168 e. The van der Waals surface area contributed by atoms with Crippen molar-refractivity contribution in [1.29, 1.82) is 0 Å². The second-order valence-electron chi connectivity index (χ2n) is 4.90. The van der Waals surface area contributed by atoms with Crippen molar-refractivity contribution in [3.05, 3.63) is 90.3 Å². The zero-order valence-electron chi connectivity index (χ0n) is 11.6. The number of hydrogen-bond acceptors (Lipinski definition) is 2. The monoisotopic (exact) mass is 273 g/mol. The quantitative estimate of drug-likeness (QED) is 0.668. The second kappa shape index (κ2) is 6.14. The molecule has 1 aromatic heterocycles. The fourth-order valence-electron chi connectivity index (χ4n) is 2.26. The molecule has 0 amide bonds. The number of ketones is 1. The van der Waals surface area contributed by atoms with Gasteiger partial charge in [0.15, 0.2) is 5.78 Å². The van der Waals surface area contributed by atoms with Crippen LogP contribution in [0.25, 0.3) is 11.1 Å². The first-order chi connectivity index (χ1) is 10.3. The van der Waals surface area contributed by atoms with Crippen LogP contribution in [0, 0.1) is 0 Å². The van der Waals surface area contributed by atoms with Gasteiger partial charge in [-0.2, -0.15) is 0 Å². The van der Waals surface area contributed by atoms with Gasteiger partial charge in [0.1, 0.15) is 0 Å². The van der Waals surface area contributed by atoms with Crippen molar-refractivity contribution in [3.63, 3.8) is 0 Å². The highest BCUT2D eigenvalue weighted by atomic mass is 16.1. The van der Waals surface area contributed by atoms with Crippen molar-refractivity contribution in [2.75, 3.05) is 0 Å². The molecule has 3 rings (SSSR count). The van der Waals surface area contributed by atoms with Crippen molar-refractivity contribution in [3.8, 4) is 11.1 Å². The van der Waals surface area contributed by atoms with E-state index in [9.17, 15) is 4.79 Å². The summed E-state index contributed by atoms with van der Waals surface area (Å²) in [7, 11) is 0. The Kier molecular flexibility index (Phi) is 3.88. The summed E-state index contributed by atoms with van der Waals surface area (Å²) < 4.78 is 0. The number of Topliss-reactive ketones (excluding diaryl/α,β-unsaturated/α-hetero) is 1. The van der Waals surface area contributed by atoms with E-state index < -0.39 is 0 Å². The minimum absolute atomic E-state index is 0.0931. The molecule has 102 valence electrons. The minimum atomic E-state index is 0.0931. The SMILES string of the molecule is O=C(Cc1ccc(-c2ccccc2)cc1)c1cccnc1. The van der Waals surface area contributed by atoms with Gasteiger partial charge < -0.3 is 0 Å². The number of benzene rings is 2. The second-order valence-corrected chi connectivity index (χ2v) is 4.90. The standard InChI is InChI=1S/C19H15NO/c21-19(18-7-4-12-20-14-18)13-15-8-10-17(11-9-15)16-5-2-1-3-6-16/h1-12,14H,13H2. The van der Waals surface area contributed by atoms with Crippen molar-refractivity contribution in [2.24, 2.45) is 0 Å². The van der Waals surface area contributed by atoms with E-state index in [0.29, 0.717) is 12.0 Å². The molecule has 2 nitrogen and oxygen atoms in total. The number of aromatic nitrogens is 1. The number of pyridine rings is 1. The maximum absolute atomic E-state index is 12.1. The number of hydrogen-bond donors (Lipinski definition) is 0. The Labute approximate surface area is 124 Å². The third-order valence-electron chi connectivity index (χ3n) is 3.41. The van der Waals surface area contributed by atoms with Crippen LogP contribution < -0.4 is 0 Å². The first-order valence-corrected chi connectivity index (χ1v) is 6.90. The molecule has 0 fully saturated rings. The van der Waals surface area contributed by atoms with E-state index in [1.165, 1.54) is 5.56 Å². The van der Waals surface area contributed by atoms with Crippen LogP contribution in [0.4, 0.5) is 0 Å². The first kappa shape index (κ1) is 13.3. The zero-order valence-corrected chi connectivity index (χ0v) is 11.6. The summed E-state index contributed by atoms with van der Waals surface area (Å²) in [6.07, 6.45) is 3.69. The maximum atomic E-state index is 12.1. The Hall–Kier alpha value is -2.74. The van der Waals surface area contributed by atoms with E-state index in [1.54, 1.807) is 24.5 Å². The van der Waals surface area contributed by atoms with Crippen molar-refractivity contribution in [1.82, 2.24) is 4.98 Å². The van der Waals surface area contributed by atoms with Gasteiger partial charge in [0.25, 0.3) is 0 Å². The molecule has 0 aliphatic rings. The molecule has 0 radical (unpaired) electrons. The van der Waals surface area contributed by atoms with E-state index in [4.69, 9.17) is 0 Å². The fourth-order valence-corrected chi connectivity index (χ4v) is 2.26. The Morgan fingerprint density at radius 2 is 1.52 bits per heavy atom. The molecule has 0 saturated heterocycles. The first-order valence-electron chi connectivity index (χ1n) is 6.90. The molecule has 2 heteroatoms. The molecule has 0 unspecified atom stereocenters. The van der Waals surface area contributed by atoms with Crippen LogP contribution in [-0.4, -0.2) is 10.8 Å². The van der Waals surface area contributed by atoms with Gasteiger partial charge >= 0.3 is 0 Å². The molecule has 0 aliphatic heterocycles.